The van der Waals surface area contributed by atoms with Crippen molar-refractivity contribution < 1.29 is 18.0 Å². The van der Waals surface area contributed by atoms with Gasteiger partial charge in [0.2, 0.25) is 27.8 Å². The van der Waals surface area contributed by atoms with Crippen LogP contribution in [0, 0.1) is 12.8 Å². The number of pyridine rings is 1. The SMILES string of the molecule is Cc1cc(S(=O)(=O)N2CCN(CCC3CCN(c4cccc5c4n(C)c(=O)n5C4CCC(=O)NC4=O)CC3)CC2)ccc1Nc1ncc2cc(Cl)c(=O)n(C(C)C)c2n1. The van der Waals surface area contributed by atoms with E-state index in [0.717, 1.165) is 50.1 Å². The first-order valence-electron chi connectivity index (χ1n) is 20.2. The molecule has 8 rings (SSSR count). The lowest BCUT2D eigenvalue weighted by Crippen LogP contribution is -2.49. The van der Waals surface area contributed by atoms with Gasteiger partial charge in [0.25, 0.3) is 5.56 Å². The standard InChI is InChI=1S/C41H49ClN10O6S/c1-25(2)51-37-28(23-30(42)39(51)55)24-43-40(46-37)44-31-9-8-29(22-26(31)3)59(57,58)50-20-18-48(19-21-50)15-12-27-13-16-49(17-14-27)32-6-5-7-33-36(32)47(4)41(56)52(33)34-10-11-35(53)45-38(34)54/h5-9,22-25,27,34H,10-21H2,1-4H3,(H,43,44,46)(H,45,53,54). The highest BCUT2D eigenvalue weighted by Gasteiger charge is 2.33. The number of piperidine rings is 2. The summed E-state index contributed by atoms with van der Waals surface area (Å²) in [6.07, 6.45) is 5.11. The zero-order valence-electron chi connectivity index (χ0n) is 33.6. The van der Waals surface area contributed by atoms with Crippen molar-refractivity contribution in [2.24, 2.45) is 13.0 Å². The molecule has 0 spiro atoms. The number of nitrogens with zero attached hydrogens (tertiary/aromatic N) is 8. The van der Waals surface area contributed by atoms with Crippen molar-refractivity contribution in [3.63, 3.8) is 0 Å². The normalized spacial score (nSPS) is 18.9. The first kappa shape index (κ1) is 40.7. The second-order valence-electron chi connectivity index (χ2n) is 16.1. The number of anilines is 3. The predicted octanol–water partition coefficient (Wildman–Crippen LogP) is 4.32. The zero-order valence-corrected chi connectivity index (χ0v) is 35.2. The van der Waals surface area contributed by atoms with E-state index in [2.05, 4.69) is 30.4 Å². The lowest BCUT2D eigenvalue weighted by Gasteiger charge is -2.37. The van der Waals surface area contributed by atoms with Crippen LogP contribution in [0.25, 0.3) is 22.1 Å². The van der Waals surface area contributed by atoms with Crippen LogP contribution in [0.2, 0.25) is 5.02 Å². The Morgan fingerprint density at radius 3 is 2.41 bits per heavy atom. The van der Waals surface area contributed by atoms with Gasteiger partial charge in [0.15, 0.2) is 0 Å². The minimum absolute atomic E-state index is 0.101. The molecule has 2 amide bonds. The molecule has 1 unspecified atom stereocenters. The molecule has 3 saturated heterocycles. The van der Waals surface area contributed by atoms with Crippen molar-refractivity contribution in [3.8, 4) is 0 Å². The number of sulfonamides is 1. The van der Waals surface area contributed by atoms with Crippen molar-refractivity contribution in [1.29, 1.82) is 0 Å². The number of amides is 2. The van der Waals surface area contributed by atoms with Crippen molar-refractivity contribution >= 4 is 72.8 Å². The van der Waals surface area contributed by atoms with Crippen molar-refractivity contribution in [2.45, 2.75) is 69.9 Å². The molecule has 3 aliphatic heterocycles. The van der Waals surface area contributed by atoms with Crippen LogP contribution in [0.4, 0.5) is 17.3 Å². The number of halogens is 1. The molecule has 2 N–H and O–H groups in total. The molecular weight excluding hydrogens is 796 g/mol. The van der Waals surface area contributed by atoms with Crippen LogP contribution in [-0.2, 0) is 26.7 Å². The molecule has 0 saturated carbocycles. The smallest absolute Gasteiger partial charge is 0.329 e. The number of carbonyl (C=O) groups excluding carboxylic acids is 2. The highest BCUT2D eigenvalue weighted by atomic mass is 35.5. The summed E-state index contributed by atoms with van der Waals surface area (Å²) in [5.74, 6) is 0.0464. The second-order valence-corrected chi connectivity index (χ2v) is 18.5. The maximum Gasteiger partial charge on any atom is 0.329 e. The van der Waals surface area contributed by atoms with Gasteiger partial charge in [-0.25, -0.2) is 18.2 Å². The lowest BCUT2D eigenvalue weighted by molar-refractivity contribution is -0.135. The number of hydrogen-bond donors (Lipinski definition) is 2. The number of benzene rings is 2. The van der Waals surface area contributed by atoms with Gasteiger partial charge in [0.05, 0.1) is 21.6 Å². The van der Waals surface area contributed by atoms with Crippen molar-refractivity contribution in [1.82, 2.24) is 38.2 Å². The minimum Gasteiger partial charge on any atom is -0.370 e. The monoisotopic (exact) mass is 844 g/mol. The summed E-state index contributed by atoms with van der Waals surface area (Å²) >= 11 is 6.17. The maximum absolute atomic E-state index is 13.8. The van der Waals surface area contributed by atoms with Crippen molar-refractivity contribution in [2.75, 3.05) is 56.0 Å². The van der Waals surface area contributed by atoms with Gasteiger partial charge in [-0.15, -0.1) is 0 Å². The van der Waals surface area contributed by atoms with E-state index in [1.807, 2.05) is 39.0 Å². The van der Waals surface area contributed by atoms with Crippen LogP contribution in [-0.4, -0.2) is 98.9 Å². The molecule has 5 aromatic rings. The number of carbonyl (C=O) groups is 2. The molecule has 3 aromatic heterocycles. The summed E-state index contributed by atoms with van der Waals surface area (Å²) in [5, 5.41) is 6.30. The number of fused-ring (bicyclic) bond motifs is 2. The average Bonchev–Trinajstić information content (AvgIpc) is 3.47. The zero-order chi connectivity index (χ0) is 41.7. The highest BCUT2D eigenvalue weighted by molar-refractivity contribution is 7.89. The molecule has 16 nitrogen and oxygen atoms in total. The molecule has 0 aliphatic carbocycles. The Balaban J connectivity index is 0.848. The Labute approximate surface area is 346 Å². The third-order valence-electron chi connectivity index (χ3n) is 12.1. The van der Waals surface area contributed by atoms with Gasteiger partial charge in [-0.3, -0.25) is 33.4 Å². The summed E-state index contributed by atoms with van der Waals surface area (Å²) in [7, 11) is -1.98. The van der Waals surface area contributed by atoms with E-state index in [-0.39, 0.29) is 45.5 Å². The van der Waals surface area contributed by atoms with E-state index in [1.54, 1.807) is 46.4 Å². The number of rotatable bonds is 10. The number of aromatic nitrogens is 5. The molecule has 2 aromatic carbocycles. The second kappa shape index (κ2) is 16.2. The van der Waals surface area contributed by atoms with Gasteiger partial charge in [-0.05, 0) is 101 Å². The van der Waals surface area contributed by atoms with Gasteiger partial charge >= 0.3 is 5.69 Å². The van der Waals surface area contributed by atoms with E-state index < -0.39 is 22.0 Å². The lowest BCUT2D eigenvalue weighted by atomic mass is 9.93. The summed E-state index contributed by atoms with van der Waals surface area (Å²) in [6.45, 7) is 10.3. The topological polar surface area (TPSA) is 177 Å². The molecule has 0 radical (unpaired) electrons. The first-order chi connectivity index (χ1) is 28.2. The van der Waals surface area contributed by atoms with E-state index in [1.165, 1.54) is 9.13 Å². The summed E-state index contributed by atoms with van der Waals surface area (Å²) < 4.78 is 33.8. The number of imidazole rings is 1. The fourth-order valence-electron chi connectivity index (χ4n) is 8.76. The van der Waals surface area contributed by atoms with Crippen LogP contribution in [0.15, 0.2) is 63.1 Å². The van der Waals surface area contributed by atoms with Gasteiger partial charge in [0, 0.05) is 76.0 Å². The van der Waals surface area contributed by atoms with Crippen LogP contribution in [0.1, 0.15) is 63.6 Å². The maximum atomic E-state index is 13.8. The highest BCUT2D eigenvalue weighted by Crippen LogP contribution is 2.33. The van der Waals surface area contributed by atoms with E-state index >= 15 is 0 Å². The van der Waals surface area contributed by atoms with Gasteiger partial charge in [-0.2, -0.15) is 9.29 Å². The predicted molar refractivity (Wildman–Crippen MR) is 227 cm³/mol. The molecule has 3 aliphatic rings. The minimum atomic E-state index is -3.71. The molecule has 0 bridgehead atoms. The van der Waals surface area contributed by atoms with Crippen LogP contribution in [0.5, 0.6) is 0 Å². The fraction of sp³-hybridized carbons (Fsp3) is 0.463. The Morgan fingerprint density at radius 2 is 1.71 bits per heavy atom. The van der Waals surface area contributed by atoms with Gasteiger partial charge in [0.1, 0.15) is 16.7 Å². The third-order valence-corrected chi connectivity index (χ3v) is 14.2. The number of imide groups is 1. The van der Waals surface area contributed by atoms with Gasteiger partial charge < -0.3 is 15.1 Å². The Hall–Kier alpha value is -5.10. The molecule has 59 heavy (non-hydrogen) atoms. The molecule has 6 heterocycles. The summed E-state index contributed by atoms with van der Waals surface area (Å²) in [6, 6.07) is 11.5. The molecular formula is C41H49ClN10O6S. The summed E-state index contributed by atoms with van der Waals surface area (Å²) in [4.78, 5) is 64.5. The van der Waals surface area contributed by atoms with E-state index in [0.29, 0.717) is 66.3 Å². The van der Waals surface area contributed by atoms with Crippen molar-refractivity contribution in [3.05, 3.63) is 80.1 Å². The fourth-order valence-corrected chi connectivity index (χ4v) is 10.5. The molecule has 1 atom stereocenters. The molecule has 18 heteroatoms. The molecule has 312 valence electrons. The number of aryl methyl sites for hydroxylation is 2. The van der Waals surface area contributed by atoms with Crippen LogP contribution >= 0.6 is 11.6 Å². The number of hydrogen-bond acceptors (Lipinski definition) is 11. The van der Waals surface area contributed by atoms with E-state index in [4.69, 9.17) is 11.6 Å². The Kier molecular flexibility index (Phi) is 11.1. The third kappa shape index (κ3) is 7.76. The Bertz CT molecular complexity index is 2690. The summed E-state index contributed by atoms with van der Waals surface area (Å²) in [5.41, 5.74) is 3.67. The van der Waals surface area contributed by atoms with Crippen LogP contribution in [0.3, 0.4) is 0 Å². The number of para-hydroxylation sites is 1. The van der Waals surface area contributed by atoms with Crippen LogP contribution < -0.4 is 26.8 Å². The van der Waals surface area contributed by atoms with E-state index in [9.17, 15) is 27.6 Å². The largest absolute Gasteiger partial charge is 0.370 e. The quantitative estimate of drug-likeness (QED) is 0.192. The van der Waals surface area contributed by atoms with Gasteiger partial charge in [-0.1, -0.05) is 17.7 Å². The molecule has 3 fully saturated rings. The Morgan fingerprint density at radius 1 is 0.966 bits per heavy atom. The number of piperazine rings is 1. The number of nitrogens with one attached hydrogen (secondary N) is 2. The average molecular weight is 845 g/mol. The first-order valence-corrected chi connectivity index (χ1v) is 22.0.